The molecule has 0 spiro atoms. The van der Waals surface area contributed by atoms with Crippen LogP contribution in [0.5, 0.6) is 0 Å². The van der Waals surface area contributed by atoms with Gasteiger partial charge in [0.15, 0.2) is 16.3 Å². The van der Waals surface area contributed by atoms with E-state index in [9.17, 15) is 14.4 Å². The monoisotopic (exact) mass is 399 g/mol. The van der Waals surface area contributed by atoms with Crippen LogP contribution in [0.15, 0.2) is 39.0 Å². The first kappa shape index (κ1) is 18.5. The summed E-state index contributed by atoms with van der Waals surface area (Å²) in [7, 11) is 4.75. The van der Waals surface area contributed by atoms with Crippen molar-refractivity contribution in [2.24, 2.45) is 21.1 Å². The van der Waals surface area contributed by atoms with E-state index in [2.05, 4.69) is 4.98 Å². The van der Waals surface area contributed by atoms with E-state index in [-0.39, 0.29) is 17.7 Å². The maximum Gasteiger partial charge on any atom is 0.332 e. The Morgan fingerprint density at radius 3 is 2.61 bits per heavy atom. The number of amides is 1. The summed E-state index contributed by atoms with van der Waals surface area (Å²) in [6, 6.07) is 8.05. The number of rotatable bonds is 3. The van der Waals surface area contributed by atoms with Crippen LogP contribution in [0.2, 0.25) is 0 Å². The highest BCUT2D eigenvalue weighted by Crippen LogP contribution is 2.32. The van der Waals surface area contributed by atoms with Crippen LogP contribution in [0.1, 0.15) is 12.5 Å². The van der Waals surface area contributed by atoms with Gasteiger partial charge < -0.3 is 9.47 Å². The molecule has 4 rings (SSSR count). The minimum Gasteiger partial charge on any atom is -0.316 e. The lowest BCUT2D eigenvalue weighted by Gasteiger charge is -2.22. The lowest BCUT2D eigenvalue weighted by atomic mass is 10.1. The smallest absolute Gasteiger partial charge is 0.316 e. The van der Waals surface area contributed by atoms with Gasteiger partial charge in [-0.15, -0.1) is 0 Å². The molecule has 8 nitrogen and oxygen atoms in total. The Morgan fingerprint density at radius 2 is 1.86 bits per heavy atom. The molecule has 0 radical (unpaired) electrons. The van der Waals surface area contributed by atoms with E-state index in [4.69, 9.17) is 0 Å². The fourth-order valence-corrected chi connectivity index (χ4v) is 4.60. The minimum absolute atomic E-state index is 0.00343. The molecule has 1 aliphatic rings. The highest BCUT2D eigenvalue weighted by atomic mass is 32.2. The zero-order valence-electron chi connectivity index (χ0n) is 16.2. The summed E-state index contributed by atoms with van der Waals surface area (Å²) in [6.07, 6.45) is 0.844. The van der Waals surface area contributed by atoms with Crippen LogP contribution in [-0.4, -0.2) is 36.4 Å². The van der Waals surface area contributed by atoms with Gasteiger partial charge in [0.2, 0.25) is 5.91 Å². The van der Waals surface area contributed by atoms with Crippen LogP contribution in [0.3, 0.4) is 0 Å². The van der Waals surface area contributed by atoms with E-state index in [1.807, 2.05) is 36.1 Å². The van der Waals surface area contributed by atoms with E-state index in [1.54, 1.807) is 18.7 Å². The number of nitrogens with zero attached hydrogens (tertiary/aromatic N) is 5. The topological polar surface area (TPSA) is 82.1 Å². The molecule has 1 aromatic carbocycles. The minimum atomic E-state index is -0.425. The van der Waals surface area contributed by atoms with Gasteiger partial charge in [0, 0.05) is 32.9 Å². The summed E-state index contributed by atoms with van der Waals surface area (Å²) in [4.78, 5) is 43.8. The van der Waals surface area contributed by atoms with Crippen LogP contribution in [0.25, 0.3) is 11.2 Å². The summed E-state index contributed by atoms with van der Waals surface area (Å²) in [6.45, 7) is 2.04. The van der Waals surface area contributed by atoms with Gasteiger partial charge in [-0.2, -0.15) is 0 Å². The standard InChI is InChI=1S/C19H21N5O3S/c1-11-9-12-7-5-6-8-13(12)24(11)14(25)10-28-18-20-16-15(21(18)2)17(26)23(4)19(27)22(16)3/h5-8,11H,9-10H2,1-4H3/t11-/m0/s1. The third-order valence-electron chi connectivity index (χ3n) is 5.24. The SMILES string of the molecule is C[C@H]1Cc2ccccc2N1C(=O)CSc1nc2c(c(=O)n(C)c(=O)n2C)n1C. The molecule has 1 aliphatic heterocycles. The van der Waals surface area contributed by atoms with Crippen molar-refractivity contribution < 1.29 is 4.79 Å². The van der Waals surface area contributed by atoms with E-state index >= 15 is 0 Å². The second kappa shape index (κ2) is 6.66. The van der Waals surface area contributed by atoms with Crippen molar-refractivity contribution in [3.05, 3.63) is 50.7 Å². The first-order valence-electron chi connectivity index (χ1n) is 8.96. The van der Waals surface area contributed by atoms with Crippen molar-refractivity contribution >= 4 is 34.5 Å². The maximum atomic E-state index is 12.9. The van der Waals surface area contributed by atoms with Gasteiger partial charge in [-0.3, -0.25) is 18.7 Å². The van der Waals surface area contributed by atoms with E-state index in [1.165, 1.54) is 28.9 Å². The lowest BCUT2D eigenvalue weighted by molar-refractivity contribution is -0.116. The summed E-state index contributed by atoms with van der Waals surface area (Å²) < 4.78 is 4.06. The molecule has 0 unspecified atom stereocenters. The number of imidazole rings is 1. The Morgan fingerprint density at radius 1 is 1.14 bits per heavy atom. The van der Waals surface area contributed by atoms with Crippen LogP contribution < -0.4 is 16.1 Å². The number of aromatic nitrogens is 4. The zero-order chi connectivity index (χ0) is 20.2. The normalized spacial score (nSPS) is 16.0. The van der Waals surface area contributed by atoms with Crippen molar-refractivity contribution in [2.45, 2.75) is 24.5 Å². The first-order valence-corrected chi connectivity index (χ1v) is 9.95. The van der Waals surface area contributed by atoms with Crippen molar-refractivity contribution in [2.75, 3.05) is 10.7 Å². The predicted octanol–water partition coefficient (Wildman–Crippen LogP) is 1.04. The van der Waals surface area contributed by atoms with Crippen LogP contribution >= 0.6 is 11.8 Å². The third-order valence-corrected chi connectivity index (χ3v) is 6.25. The average Bonchev–Trinajstić information content (AvgIpc) is 3.19. The number of fused-ring (bicyclic) bond motifs is 2. The second-order valence-electron chi connectivity index (χ2n) is 7.07. The highest BCUT2D eigenvalue weighted by Gasteiger charge is 2.30. The summed E-state index contributed by atoms with van der Waals surface area (Å²) in [5.74, 6) is 0.195. The molecular weight excluding hydrogens is 378 g/mol. The van der Waals surface area contributed by atoms with Gasteiger partial charge in [0.25, 0.3) is 5.56 Å². The fourth-order valence-electron chi connectivity index (χ4n) is 3.77. The van der Waals surface area contributed by atoms with E-state index in [0.29, 0.717) is 16.3 Å². The highest BCUT2D eigenvalue weighted by molar-refractivity contribution is 7.99. The number of thioether (sulfide) groups is 1. The molecule has 146 valence electrons. The lowest BCUT2D eigenvalue weighted by Crippen LogP contribution is -2.37. The first-order chi connectivity index (χ1) is 13.3. The number of benzene rings is 1. The third kappa shape index (κ3) is 2.69. The van der Waals surface area contributed by atoms with Crippen LogP contribution in [0, 0.1) is 0 Å². The number of para-hydroxylation sites is 1. The molecule has 0 aliphatic carbocycles. The van der Waals surface area contributed by atoms with Crippen molar-refractivity contribution in [1.29, 1.82) is 0 Å². The predicted molar refractivity (Wildman–Crippen MR) is 109 cm³/mol. The fraction of sp³-hybridized carbons (Fsp3) is 0.368. The number of anilines is 1. The molecule has 0 saturated carbocycles. The molecule has 0 saturated heterocycles. The Bertz CT molecular complexity index is 1220. The Balaban J connectivity index is 1.63. The van der Waals surface area contributed by atoms with Gasteiger partial charge in [0.05, 0.1) is 5.75 Å². The molecule has 0 N–H and O–H groups in total. The molecular formula is C19H21N5O3S. The molecule has 9 heteroatoms. The van der Waals surface area contributed by atoms with Gasteiger partial charge in [-0.05, 0) is 25.0 Å². The van der Waals surface area contributed by atoms with E-state index < -0.39 is 11.2 Å². The van der Waals surface area contributed by atoms with Gasteiger partial charge in [0.1, 0.15) is 0 Å². The molecule has 1 amide bonds. The number of aryl methyl sites for hydroxylation is 2. The molecule has 0 bridgehead atoms. The summed E-state index contributed by atoms with van der Waals surface area (Å²) >= 11 is 1.27. The average molecular weight is 399 g/mol. The van der Waals surface area contributed by atoms with Gasteiger partial charge >= 0.3 is 5.69 Å². The van der Waals surface area contributed by atoms with Crippen LogP contribution in [0.4, 0.5) is 5.69 Å². The summed E-state index contributed by atoms with van der Waals surface area (Å²) in [5, 5.41) is 0.529. The van der Waals surface area contributed by atoms with Gasteiger partial charge in [-0.25, -0.2) is 9.78 Å². The quantitative estimate of drug-likeness (QED) is 0.615. The number of hydrogen-bond donors (Lipinski definition) is 0. The summed E-state index contributed by atoms with van der Waals surface area (Å²) in [5.41, 5.74) is 1.99. The Kier molecular flexibility index (Phi) is 4.41. The zero-order valence-corrected chi connectivity index (χ0v) is 17.0. The molecule has 0 fully saturated rings. The Hall–Kier alpha value is -2.81. The Labute approximate surface area is 165 Å². The van der Waals surface area contributed by atoms with Crippen molar-refractivity contribution in [1.82, 2.24) is 18.7 Å². The molecule has 28 heavy (non-hydrogen) atoms. The second-order valence-corrected chi connectivity index (χ2v) is 8.01. The number of carbonyl (C=O) groups excluding carboxylic acids is 1. The van der Waals surface area contributed by atoms with Crippen molar-refractivity contribution in [3.8, 4) is 0 Å². The molecule has 2 aromatic heterocycles. The van der Waals surface area contributed by atoms with E-state index in [0.717, 1.165) is 16.7 Å². The molecule has 3 heterocycles. The van der Waals surface area contributed by atoms with Gasteiger partial charge in [-0.1, -0.05) is 30.0 Å². The van der Waals surface area contributed by atoms with Crippen LogP contribution in [-0.2, 0) is 32.4 Å². The largest absolute Gasteiger partial charge is 0.332 e. The number of hydrogen-bond acceptors (Lipinski definition) is 5. The number of carbonyl (C=O) groups is 1. The molecule has 3 aromatic rings. The maximum absolute atomic E-state index is 12.9. The van der Waals surface area contributed by atoms with Crippen molar-refractivity contribution in [3.63, 3.8) is 0 Å². The molecule has 1 atom stereocenters.